The molecule has 4 heterocycles. The average Bonchev–Trinajstić information content (AvgIpc) is 3.35. The molecular formula is C19H24N4O3. The molecule has 0 saturated carbocycles. The number of aromatic nitrogens is 3. The molecule has 0 aromatic carbocycles. The van der Waals surface area contributed by atoms with Gasteiger partial charge in [-0.15, -0.1) is 0 Å². The molecule has 2 aliphatic heterocycles. The number of likely N-dealkylation sites (tertiary alicyclic amines) is 1. The molecule has 0 spiro atoms. The van der Waals surface area contributed by atoms with Gasteiger partial charge in [0.1, 0.15) is 0 Å². The third-order valence-corrected chi connectivity index (χ3v) is 5.30. The van der Waals surface area contributed by atoms with Gasteiger partial charge < -0.3 is 14.4 Å². The summed E-state index contributed by atoms with van der Waals surface area (Å²) in [6.45, 7) is 3.47. The zero-order chi connectivity index (χ0) is 17.9. The van der Waals surface area contributed by atoms with Gasteiger partial charge in [-0.3, -0.25) is 14.5 Å². The Balaban J connectivity index is 1.26. The minimum Gasteiger partial charge on any atom is -0.377 e. The highest BCUT2D eigenvalue weighted by Gasteiger charge is 2.45. The summed E-state index contributed by atoms with van der Waals surface area (Å²) in [5.41, 5.74) is 1.73. The number of ether oxygens (including phenoxy) is 2. The Morgan fingerprint density at radius 1 is 1.38 bits per heavy atom. The Hall–Kier alpha value is -2.25. The standard InChI is InChI=1S/C19H24N4O3/c1-22-9-16(8-21-22)19(24)23-10-17-15(13-26-18(17)11-23)4-6-25-12-14-3-2-5-20-7-14/h2-3,5,7-9,15,17-18H,4,6,10-13H2,1H3/t15-,17-,18-/m1/s1. The minimum atomic E-state index is 0.0441. The summed E-state index contributed by atoms with van der Waals surface area (Å²) < 4.78 is 13.4. The number of fused-ring (bicyclic) bond motifs is 1. The van der Waals surface area contributed by atoms with Crippen molar-refractivity contribution in [2.24, 2.45) is 18.9 Å². The lowest BCUT2D eigenvalue weighted by atomic mass is 9.91. The highest BCUT2D eigenvalue weighted by Crippen LogP contribution is 2.36. The topological polar surface area (TPSA) is 69.5 Å². The van der Waals surface area contributed by atoms with E-state index < -0.39 is 0 Å². The maximum absolute atomic E-state index is 12.6. The second kappa shape index (κ2) is 7.55. The summed E-state index contributed by atoms with van der Waals surface area (Å²) in [5, 5.41) is 4.09. The van der Waals surface area contributed by atoms with Crippen LogP contribution >= 0.6 is 0 Å². The SMILES string of the molecule is Cn1cc(C(=O)N2C[C@@H]3[C@H](CCOCc4cccnc4)CO[C@@H]3C2)cn1. The van der Waals surface area contributed by atoms with Crippen molar-refractivity contribution in [1.82, 2.24) is 19.7 Å². The lowest BCUT2D eigenvalue weighted by Gasteiger charge is -2.19. The van der Waals surface area contributed by atoms with E-state index in [2.05, 4.69) is 10.1 Å². The number of carbonyl (C=O) groups is 1. The Labute approximate surface area is 152 Å². The largest absolute Gasteiger partial charge is 0.377 e. The second-order valence-electron chi connectivity index (χ2n) is 7.11. The van der Waals surface area contributed by atoms with Crippen molar-refractivity contribution in [2.45, 2.75) is 19.1 Å². The number of aryl methyl sites for hydroxylation is 1. The van der Waals surface area contributed by atoms with Crippen LogP contribution in [-0.2, 0) is 23.1 Å². The van der Waals surface area contributed by atoms with E-state index in [1.54, 1.807) is 23.3 Å². The van der Waals surface area contributed by atoms with Crippen LogP contribution in [0, 0.1) is 11.8 Å². The highest BCUT2D eigenvalue weighted by atomic mass is 16.5. The number of nitrogens with zero attached hydrogens (tertiary/aromatic N) is 4. The van der Waals surface area contributed by atoms with Gasteiger partial charge in [0.25, 0.3) is 5.91 Å². The van der Waals surface area contributed by atoms with Gasteiger partial charge in [0.2, 0.25) is 0 Å². The molecule has 0 unspecified atom stereocenters. The number of hydrogen-bond donors (Lipinski definition) is 0. The smallest absolute Gasteiger partial charge is 0.257 e. The molecule has 7 nitrogen and oxygen atoms in total. The number of rotatable bonds is 6. The fourth-order valence-electron chi connectivity index (χ4n) is 3.88. The lowest BCUT2D eigenvalue weighted by Crippen LogP contribution is -2.31. The fraction of sp³-hybridized carbons (Fsp3) is 0.526. The minimum absolute atomic E-state index is 0.0441. The maximum atomic E-state index is 12.6. The van der Waals surface area contributed by atoms with Gasteiger partial charge in [0.15, 0.2) is 0 Å². The quantitative estimate of drug-likeness (QED) is 0.734. The number of carbonyl (C=O) groups excluding carboxylic acids is 1. The van der Waals surface area contributed by atoms with Gasteiger partial charge >= 0.3 is 0 Å². The van der Waals surface area contributed by atoms with E-state index in [0.29, 0.717) is 37.2 Å². The summed E-state index contributed by atoms with van der Waals surface area (Å²) >= 11 is 0. The van der Waals surface area contributed by atoms with E-state index in [9.17, 15) is 4.79 Å². The summed E-state index contributed by atoms with van der Waals surface area (Å²) in [5.74, 6) is 0.890. The zero-order valence-electron chi connectivity index (χ0n) is 15.0. The van der Waals surface area contributed by atoms with E-state index in [4.69, 9.17) is 9.47 Å². The molecule has 4 rings (SSSR count). The molecule has 1 amide bonds. The molecule has 138 valence electrons. The van der Waals surface area contributed by atoms with Crippen molar-refractivity contribution in [3.8, 4) is 0 Å². The van der Waals surface area contributed by atoms with Crippen LogP contribution in [0.5, 0.6) is 0 Å². The Bertz CT molecular complexity index is 748. The van der Waals surface area contributed by atoms with Gasteiger partial charge in [-0.1, -0.05) is 6.07 Å². The van der Waals surface area contributed by atoms with E-state index in [-0.39, 0.29) is 12.0 Å². The fourth-order valence-corrected chi connectivity index (χ4v) is 3.88. The van der Waals surface area contributed by atoms with Crippen molar-refractivity contribution in [2.75, 3.05) is 26.3 Å². The highest BCUT2D eigenvalue weighted by molar-refractivity contribution is 5.94. The molecule has 0 aliphatic carbocycles. The molecule has 3 atom stereocenters. The van der Waals surface area contributed by atoms with Crippen molar-refractivity contribution < 1.29 is 14.3 Å². The van der Waals surface area contributed by atoms with Crippen molar-refractivity contribution in [3.05, 3.63) is 48.0 Å². The van der Waals surface area contributed by atoms with Gasteiger partial charge in [0, 0.05) is 51.3 Å². The summed E-state index contributed by atoms with van der Waals surface area (Å²) in [6, 6.07) is 3.93. The first-order valence-corrected chi connectivity index (χ1v) is 9.07. The van der Waals surface area contributed by atoms with Crippen LogP contribution in [-0.4, -0.2) is 58.0 Å². The number of hydrogen-bond acceptors (Lipinski definition) is 5. The first kappa shape index (κ1) is 17.2. The van der Waals surface area contributed by atoms with Crippen LogP contribution < -0.4 is 0 Å². The van der Waals surface area contributed by atoms with E-state index in [1.165, 1.54) is 0 Å². The van der Waals surface area contributed by atoms with Gasteiger partial charge in [-0.25, -0.2) is 0 Å². The first-order chi connectivity index (χ1) is 12.7. The number of amides is 1. The second-order valence-corrected chi connectivity index (χ2v) is 7.11. The van der Waals surface area contributed by atoms with Crippen LogP contribution in [0.25, 0.3) is 0 Å². The van der Waals surface area contributed by atoms with E-state index in [1.807, 2.05) is 30.3 Å². The molecule has 2 aliphatic rings. The predicted octanol–water partition coefficient (Wildman–Crippen LogP) is 1.51. The zero-order valence-corrected chi connectivity index (χ0v) is 15.0. The maximum Gasteiger partial charge on any atom is 0.257 e. The molecule has 2 aromatic heterocycles. The Kier molecular flexibility index (Phi) is 4.99. The van der Waals surface area contributed by atoms with Gasteiger partial charge in [-0.2, -0.15) is 5.10 Å². The summed E-state index contributed by atoms with van der Waals surface area (Å²) in [4.78, 5) is 18.6. The summed E-state index contributed by atoms with van der Waals surface area (Å²) in [7, 11) is 1.82. The van der Waals surface area contributed by atoms with Crippen LogP contribution in [0.4, 0.5) is 0 Å². The molecule has 2 saturated heterocycles. The molecular weight excluding hydrogens is 332 g/mol. The van der Waals surface area contributed by atoms with E-state index >= 15 is 0 Å². The van der Waals surface area contributed by atoms with Gasteiger partial charge in [0.05, 0.1) is 31.1 Å². The third-order valence-electron chi connectivity index (χ3n) is 5.30. The van der Waals surface area contributed by atoms with Crippen molar-refractivity contribution in [3.63, 3.8) is 0 Å². The first-order valence-electron chi connectivity index (χ1n) is 9.07. The molecule has 0 N–H and O–H groups in total. The molecule has 26 heavy (non-hydrogen) atoms. The number of pyridine rings is 1. The molecule has 2 fully saturated rings. The van der Waals surface area contributed by atoms with Crippen LogP contribution in [0.3, 0.4) is 0 Å². The van der Waals surface area contributed by atoms with Crippen LogP contribution in [0.15, 0.2) is 36.9 Å². The molecule has 2 aromatic rings. The van der Waals surface area contributed by atoms with Crippen molar-refractivity contribution >= 4 is 5.91 Å². The molecule has 0 radical (unpaired) electrons. The average molecular weight is 356 g/mol. The van der Waals surface area contributed by atoms with E-state index in [0.717, 1.165) is 25.1 Å². The summed E-state index contributed by atoms with van der Waals surface area (Å²) in [6.07, 6.45) is 8.09. The van der Waals surface area contributed by atoms with Crippen LogP contribution in [0.1, 0.15) is 22.3 Å². The monoisotopic (exact) mass is 356 g/mol. The third kappa shape index (κ3) is 3.64. The molecule has 0 bridgehead atoms. The van der Waals surface area contributed by atoms with Crippen LogP contribution in [0.2, 0.25) is 0 Å². The normalized spacial score (nSPS) is 24.8. The molecule has 7 heteroatoms. The Morgan fingerprint density at radius 2 is 2.31 bits per heavy atom. The Morgan fingerprint density at radius 3 is 3.08 bits per heavy atom. The van der Waals surface area contributed by atoms with Gasteiger partial charge in [-0.05, 0) is 24.0 Å². The lowest BCUT2D eigenvalue weighted by molar-refractivity contribution is 0.0648. The van der Waals surface area contributed by atoms with Crippen molar-refractivity contribution in [1.29, 1.82) is 0 Å². The predicted molar refractivity (Wildman–Crippen MR) is 94.3 cm³/mol.